The maximum atomic E-state index is 12.7. The third kappa shape index (κ3) is 8.18. The van der Waals surface area contributed by atoms with Crippen LogP contribution in [0.15, 0.2) is 64.1 Å². The fraction of sp³-hybridized carbons (Fsp3) is 0.269. The number of furan rings is 1. The van der Waals surface area contributed by atoms with Crippen LogP contribution in [-0.2, 0) is 9.59 Å². The van der Waals surface area contributed by atoms with Crippen LogP contribution in [0, 0.1) is 23.0 Å². The van der Waals surface area contributed by atoms with Crippen molar-refractivity contribution in [2.75, 3.05) is 6.61 Å². The first-order valence-electron chi connectivity index (χ1n) is 11.5. The predicted molar refractivity (Wildman–Crippen MR) is 140 cm³/mol. The average Bonchev–Trinajstić information content (AvgIpc) is 3.32. The SMILES string of the molecule is Cc1ccc(-c2ccc(/C=N\NC(=O)[C@@H](CC(C)C)NC(=O)COc3ccc(Cl)cc3)o2)cc1[N+](=O)[O-]. The Kier molecular flexibility index (Phi) is 9.39. The van der Waals surface area contributed by atoms with Gasteiger partial charge in [-0.05, 0) is 55.7 Å². The second kappa shape index (κ2) is 12.7. The number of nitrogens with zero attached hydrogens (tertiary/aromatic N) is 2. The number of benzene rings is 2. The summed E-state index contributed by atoms with van der Waals surface area (Å²) in [7, 11) is 0. The van der Waals surface area contributed by atoms with E-state index in [1.807, 2.05) is 13.8 Å². The molecule has 0 aliphatic heterocycles. The van der Waals surface area contributed by atoms with E-state index in [1.165, 1.54) is 12.3 Å². The topological polar surface area (TPSA) is 136 Å². The summed E-state index contributed by atoms with van der Waals surface area (Å²) in [6, 6.07) is 13.8. The van der Waals surface area contributed by atoms with Crippen molar-refractivity contribution in [1.82, 2.24) is 10.7 Å². The molecule has 0 saturated carbocycles. The smallest absolute Gasteiger partial charge is 0.273 e. The summed E-state index contributed by atoms with van der Waals surface area (Å²) < 4.78 is 11.1. The number of nitrogens with one attached hydrogen (secondary N) is 2. The van der Waals surface area contributed by atoms with Crippen molar-refractivity contribution in [2.45, 2.75) is 33.2 Å². The number of hydrogen-bond acceptors (Lipinski definition) is 7. The normalized spacial score (nSPS) is 11.9. The molecule has 10 nitrogen and oxygen atoms in total. The average molecular weight is 527 g/mol. The quantitative estimate of drug-likeness (QED) is 0.208. The number of nitro benzene ring substituents is 1. The number of halogens is 1. The lowest BCUT2D eigenvalue weighted by atomic mass is 10.0. The number of amides is 2. The Morgan fingerprint density at radius 2 is 1.89 bits per heavy atom. The maximum Gasteiger partial charge on any atom is 0.273 e. The monoisotopic (exact) mass is 526 g/mol. The molecule has 2 amide bonds. The highest BCUT2D eigenvalue weighted by Crippen LogP contribution is 2.28. The summed E-state index contributed by atoms with van der Waals surface area (Å²) in [4.78, 5) is 35.8. The predicted octanol–water partition coefficient (Wildman–Crippen LogP) is 4.88. The highest BCUT2D eigenvalue weighted by Gasteiger charge is 2.22. The second-order valence-corrected chi connectivity index (χ2v) is 9.12. The molecule has 0 bridgehead atoms. The summed E-state index contributed by atoms with van der Waals surface area (Å²) in [5.74, 6) is 0.407. The summed E-state index contributed by atoms with van der Waals surface area (Å²) in [5.41, 5.74) is 3.50. The number of nitro groups is 1. The molecule has 1 heterocycles. The molecular formula is C26H27ClN4O6. The van der Waals surface area contributed by atoms with Crippen LogP contribution in [-0.4, -0.2) is 35.6 Å². The number of ether oxygens (including phenoxy) is 1. The van der Waals surface area contributed by atoms with Crippen LogP contribution in [0.2, 0.25) is 5.02 Å². The molecule has 1 atom stereocenters. The number of rotatable bonds is 11. The zero-order valence-corrected chi connectivity index (χ0v) is 21.3. The van der Waals surface area contributed by atoms with E-state index in [0.717, 1.165) is 0 Å². The van der Waals surface area contributed by atoms with Gasteiger partial charge in [-0.1, -0.05) is 37.6 Å². The third-order valence-electron chi connectivity index (χ3n) is 5.23. The van der Waals surface area contributed by atoms with Gasteiger partial charge in [0.25, 0.3) is 17.5 Å². The van der Waals surface area contributed by atoms with Crippen molar-refractivity contribution < 1.29 is 23.7 Å². The van der Waals surface area contributed by atoms with Gasteiger partial charge >= 0.3 is 0 Å². The van der Waals surface area contributed by atoms with Gasteiger partial charge in [0.1, 0.15) is 23.3 Å². The second-order valence-electron chi connectivity index (χ2n) is 8.69. The largest absolute Gasteiger partial charge is 0.484 e. The van der Waals surface area contributed by atoms with Crippen LogP contribution in [0.5, 0.6) is 5.75 Å². The number of hydrogen-bond donors (Lipinski definition) is 2. The minimum atomic E-state index is -0.821. The van der Waals surface area contributed by atoms with Crippen molar-refractivity contribution in [3.8, 4) is 17.1 Å². The van der Waals surface area contributed by atoms with Crippen LogP contribution >= 0.6 is 11.6 Å². The molecule has 37 heavy (non-hydrogen) atoms. The number of aryl methyl sites for hydroxylation is 1. The van der Waals surface area contributed by atoms with Crippen molar-refractivity contribution in [2.24, 2.45) is 11.0 Å². The first-order chi connectivity index (χ1) is 17.6. The first-order valence-corrected chi connectivity index (χ1v) is 11.9. The molecule has 194 valence electrons. The van der Waals surface area contributed by atoms with E-state index < -0.39 is 22.8 Å². The van der Waals surface area contributed by atoms with Gasteiger partial charge in [0.2, 0.25) is 0 Å². The van der Waals surface area contributed by atoms with Gasteiger partial charge in [-0.3, -0.25) is 19.7 Å². The highest BCUT2D eigenvalue weighted by atomic mass is 35.5. The van der Waals surface area contributed by atoms with Crippen molar-refractivity contribution in [3.63, 3.8) is 0 Å². The Morgan fingerprint density at radius 1 is 1.16 bits per heavy atom. The molecule has 2 aromatic carbocycles. The van der Waals surface area contributed by atoms with E-state index in [2.05, 4.69) is 15.8 Å². The van der Waals surface area contributed by atoms with Crippen molar-refractivity contribution in [1.29, 1.82) is 0 Å². The zero-order chi connectivity index (χ0) is 26.9. The lowest BCUT2D eigenvalue weighted by molar-refractivity contribution is -0.385. The van der Waals surface area contributed by atoms with Crippen LogP contribution < -0.4 is 15.5 Å². The van der Waals surface area contributed by atoms with Crippen LogP contribution in [0.25, 0.3) is 11.3 Å². The van der Waals surface area contributed by atoms with E-state index in [1.54, 1.807) is 55.5 Å². The third-order valence-corrected chi connectivity index (χ3v) is 5.48. The van der Waals surface area contributed by atoms with E-state index in [0.29, 0.717) is 39.8 Å². The molecule has 3 rings (SSSR count). The van der Waals surface area contributed by atoms with E-state index in [4.69, 9.17) is 20.8 Å². The number of carbonyl (C=O) groups is 2. The minimum absolute atomic E-state index is 0.00631. The van der Waals surface area contributed by atoms with E-state index in [-0.39, 0.29) is 18.2 Å². The Hall–Kier alpha value is -4.18. The molecule has 0 saturated heterocycles. The molecule has 3 aromatic rings. The van der Waals surface area contributed by atoms with E-state index in [9.17, 15) is 19.7 Å². The minimum Gasteiger partial charge on any atom is -0.484 e. The van der Waals surface area contributed by atoms with Gasteiger partial charge in [0.15, 0.2) is 6.61 Å². The molecule has 0 aliphatic carbocycles. The Morgan fingerprint density at radius 3 is 2.57 bits per heavy atom. The highest BCUT2D eigenvalue weighted by molar-refractivity contribution is 6.30. The van der Waals surface area contributed by atoms with Gasteiger partial charge in [0.05, 0.1) is 11.1 Å². The first kappa shape index (κ1) is 27.4. The standard InChI is InChI=1S/C26H27ClN4O6/c1-16(2)12-22(29-25(32)15-36-20-8-6-19(27)7-9-20)26(33)30-28-14-21-10-11-24(37-21)18-5-4-17(3)23(13-18)31(34)35/h4-11,13-14,16,22H,12,15H2,1-3H3,(H,29,32)(H,30,33)/b28-14-/t22-/m1/s1. The summed E-state index contributed by atoms with van der Waals surface area (Å²) in [6.45, 7) is 5.25. The van der Waals surface area contributed by atoms with Gasteiger partial charge in [-0.15, -0.1) is 0 Å². The van der Waals surface area contributed by atoms with Crippen LogP contribution in [0.4, 0.5) is 5.69 Å². The summed E-state index contributed by atoms with van der Waals surface area (Å²) in [6.07, 6.45) is 1.70. The Balaban J connectivity index is 1.58. The summed E-state index contributed by atoms with van der Waals surface area (Å²) >= 11 is 5.84. The molecule has 1 aromatic heterocycles. The Bertz CT molecular complexity index is 1290. The maximum absolute atomic E-state index is 12.7. The van der Waals surface area contributed by atoms with Gasteiger partial charge < -0.3 is 14.5 Å². The molecule has 0 fully saturated rings. The molecule has 0 aliphatic rings. The van der Waals surface area contributed by atoms with Crippen molar-refractivity contribution >= 4 is 35.3 Å². The van der Waals surface area contributed by atoms with Gasteiger partial charge in [-0.2, -0.15) is 5.10 Å². The Labute approximate surface area is 218 Å². The zero-order valence-electron chi connectivity index (χ0n) is 20.6. The molecule has 0 spiro atoms. The van der Waals surface area contributed by atoms with E-state index >= 15 is 0 Å². The molecule has 0 unspecified atom stereocenters. The van der Waals surface area contributed by atoms with Crippen LogP contribution in [0.3, 0.4) is 0 Å². The fourth-order valence-electron chi connectivity index (χ4n) is 3.39. The number of hydrazone groups is 1. The summed E-state index contributed by atoms with van der Waals surface area (Å²) in [5, 5.41) is 18.3. The fourth-order valence-corrected chi connectivity index (χ4v) is 3.52. The lowest BCUT2D eigenvalue weighted by Gasteiger charge is -2.19. The molecule has 2 N–H and O–H groups in total. The lowest BCUT2D eigenvalue weighted by Crippen LogP contribution is -2.47. The van der Waals surface area contributed by atoms with Gasteiger partial charge in [-0.25, -0.2) is 5.43 Å². The molecule has 0 radical (unpaired) electrons. The molecular weight excluding hydrogens is 500 g/mol. The molecule has 11 heteroatoms. The number of carbonyl (C=O) groups excluding carboxylic acids is 2. The van der Waals surface area contributed by atoms with Crippen molar-refractivity contribution in [3.05, 3.63) is 81.1 Å². The van der Waals surface area contributed by atoms with Gasteiger partial charge in [0, 0.05) is 22.2 Å². The van der Waals surface area contributed by atoms with Crippen LogP contribution in [0.1, 0.15) is 31.6 Å².